The van der Waals surface area contributed by atoms with Crippen molar-refractivity contribution >= 4 is 11.7 Å². The molecule has 6 nitrogen and oxygen atoms in total. The molecule has 0 unspecified atom stereocenters. The summed E-state index contributed by atoms with van der Waals surface area (Å²) < 4.78 is 6.74. The summed E-state index contributed by atoms with van der Waals surface area (Å²) in [5.74, 6) is 0.440. The quantitative estimate of drug-likeness (QED) is 0.728. The summed E-state index contributed by atoms with van der Waals surface area (Å²) in [5.41, 5.74) is 1.17. The summed E-state index contributed by atoms with van der Waals surface area (Å²) in [4.78, 5) is 11.8. The molecule has 0 saturated heterocycles. The van der Waals surface area contributed by atoms with Crippen LogP contribution < -0.4 is 10.6 Å². The summed E-state index contributed by atoms with van der Waals surface area (Å²) >= 11 is 0. The third-order valence-electron chi connectivity index (χ3n) is 3.32. The van der Waals surface area contributed by atoms with Crippen LogP contribution in [-0.2, 0) is 9.53 Å². The third-order valence-corrected chi connectivity index (χ3v) is 3.32. The van der Waals surface area contributed by atoms with Gasteiger partial charge in [0.2, 0.25) is 5.91 Å². The van der Waals surface area contributed by atoms with Gasteiger partial charge in [-0.05, 0) is 12.5 Å². The number of benzene rings is 1. The minimum atomic E-state index is -0.117. The van der Waals surface area contributed by atoms with Gasteiger partial charge in [0.1, 0.15) is 0 Å². The fourth-order valence-corrected chi connectivity index (χ4v) is 2.07. The molecule has 1 aromatic carbocycles. The van der Waals surface area contributed by atoms with Gasteiger partial charge in [-0.1, -0.05) is 30.3 Å². The Bertz CT molecular complexity index is 583. The molecule has 118 valence electrons. The molecule has 0 fully saturated rings. The van der Waals surface area contributed by atoms with Crippen molar-refractivity contribution in [3.63, 3.8) is 0 Å². The van der Waals surface area contributed by atoms with Crippen molar-refractivity contribution in [1.29, 1.82) is 0 Å². The van der Waals surface area contributed by atoms with Crippen LogP contribution >= 0.6 is 0 Å². The zero-order valence-electron chi connectivity index (χ0n) is 13.0. The van der Waals surface area contributed by atoms with Gasteiger partial charge in [0.05, 0.1) is 19.2 Å². The smallest absolute Gasteiger partial charge is 0.239 e. The average molecular weight is 302 g/mol. The second-order valence-corrected chi connectivity index (χ2v) is 4.99. The first-order valence-electron chi connectivity index (χ1n) is 7.30. The van der Waals surface area contributed by atoms with E-state index in [1.54, 1.807) is 13.2 Å². The highest BCUT2D eigenvalue weighted by atomic mass is 16.5. The Kier molecular flexibility index (Phi) is 6.12. The highest BCUT2D eigenvalue weighted by Crippen LogP contribution is 2.17. The van der Waals surface area contributed by atoms with Crippen molar-refractivity contribution in [2.24, 2.45) is 0 Å². The Morgan fingerprint density at radius 1 is 1.32 bits per heavy atom. The molecule has 0 spiro atoms. The minimum absolute atomic E-state index is 0.117. The number of aromatic nitrogens is 2. The molecule has 2 rings (SSSR count). The number of hydrogen-bond donors (Lipinski definition) is 2. The molecule has 0 aliphatic heterocycles. The molecule has 2 N–H and O–H groups in total. The lowest BCUT2D eigenvalue weighted by Gasteiger charge is -2.12. The molecule has 0 saturated carbocycles. The largest absolute Gasteiger partial charge is 0.383 e. The summed E-state index contributed by atoms with van der Waals surface area (Å²) in [6, 6.07) is 12.0. The van der Waals surface area contributed by atoms with Gasteiger partial charge in [-0.15, -0.1) is 0 Å². The van der Waals surface area contributed by atoms with Gasteiger partial charge in [0.15, 0.2) is 5.82 Å². The molecule has 1 heterocycles. The van der Waals surface area contributed by atoms with Crippen LogP contribution in [0.4, 0.5) is 5.82 Å². The molecule has 2 aromatic rings. The van der Waals surface area contributed by atoms with Gasteiger partial charge in [0, 0.05) is 25.9 Å². The number of amides is 1. The Morgan fingerprint density at radius 3 is 2.82 bits per heavy atom. The van der Waals surface area contributed by atoms with Crippen molar-refractivity contribution in [2.45, 2.75) is 13.0 Å². The second kappa shape index (κ2) is 8.31. The Morgan fingerprint density at radius 2 is 2.09 bits per heavy atom. The lowest BCUT2D eigenvalue weighted by molar-refractivity contribution is -0.115. The van der Waals surface area contributed by atoms with E-state index in [1.165, 1.54) is 5.56 Å². The van der Waals surface area contributed by atoms with Crippen LogP contribution in [0.3, 0.4) is 0 Å². The van der Waals surface area contributed by atoms with Gasteiger partial charge in [0.25, 0.3) is 0 Å². The maximum absolute atomic E-state index is 11.8. The Labute approximate surface area is 130 Å². The van der Waals surface area contributed by atoms with Gasteiger partial charge in [-0.25, -0.2) is 0 Å². The summed E-state index contributed by atoms with van der Waals surface area (Å²) in [6.07, 6.45) is 1.87. The molecule has 0 aliphatic rings. The average Bonchev–Trinajstić information content (AvgIpc) is 3.00. The summed E-state index contributed by atoms with van der Waals surface area (Å²) in [6.45, 7) is 3.53. The van der Waals surface area contributed by atoms with Crippen LogP contribution in [0.1, 0.15) is 18.5 Å². The monoisotopic (exact) mass is 302 g/mol. The number of nitrogens with one attached hydrogen (secondary N) is 2. The van der Waals surface area contributed by atoms with Crippen molar-refractivity contribution in [2.75, 3.05) is 32.1 Å². The van der Waals surface area contributed by atoms with E-state index in [4.69, 9.17) is 4.74 Å². The van der Waals surface area contributed by atoms with E-state index < -0.39 is 0 Å². The molecule has 0 radical (unpaired) electrons. The number of carbonyl (C=O) groups excluding carboxylic acids is 1. The lowest BCUT2D eigenvalue weighted by atomic mass is 10.1. The van der Waals surface area contributed by atoms with Crippen molar-refractivity contribution < 1.29 is 9.53 Å². The van der Waals surface area contributed by atoms with Crippen molar-refractivity contribution in [3.05, 3.63) is 48.2 Å². The third kappa shape index (κ3) is 4.68. The van der Waals surface area contributed by atoms with E-state index >= 15 is 0 Å². The first-order chi connectivity index (χ1) is 10.7. The van der Waals surface area contributed by atoms with E-state index in [0.29, 0.717) is 19.0 Å². The second-order valence-electron chi connectivity index (χ2n) is 4.99. The van der Waals surface area contributed by atoms with Crippen LogP contribution in [0, 0.1) is 0 Å². The molecule has 0 bridgehead atoms. The molecule has 6 heteroatoms. The topological polar surface area (TPSA) is 68.2 Å². The van der Waals surface area contributed by atoms with E-state index in [0.717, 1.165) is 0 Å². The standard InChI is InChI=1S/C16H22N4O2/c1-13(14-6-4-3-5-7-14)20-10-8-15(19-20)18-16(21)12-17-9-11-22-2/h3-8,10,13,17H,9,11-12H2,1-2H3,(H,18,19,21)/t13-/m1/s1. The van der Waals surface area contributed by atoms with Gasteiger partial charge in [-0.3, -0.25) is 9.48 Å². The van der Waals surface area contributed by atoms with E-state index in [1.807, 2.05) is 29.1 Å². The Hall–Kier alpha value is -2.18. The Balaban J connectivity index is 1.87. The molecular formula is C16H22N4O2. The SMILES string of the molecule is COCCNCC(=O)Nc1ccn([C@H](C)c2ccccc2)n1. The van der Waals surface area contributed by atoms with Gasteiger partial charge >= 0.3 is 0 Å². The normalized spacial score (nSPS) is 12.1. The van der Waals surface area contributed by atoms with Gasteiger partial charge < -0.3 is 15.4 Å². The van der Waals surface area contributed by atoms with Crippen LogP contribution in [0.2, 0.25) is 0 Å². The van der Waals surface area contributed by atoms with E-state index in [-0.39, 0.29) is 18.5 Å². The molecule has 1 amide bonds. The van der Waals surface area contributed by atoms with Crippen LogP contribution in [0.5, 0.6) is 0 Å². The molecule has 1 aromatic heterocycles. The fraction of sp³-hybridized carbons (Fsp3) is 0.375. The molecular weight excluding hydrogens is 280 g/mol. The maximum Gasteiger partial charge on any atom is 0.239 e. The van der Waals surface area contributed by atoms with Crippen molar-refractivity contribution in [1.82, 2.24) is 15.1 Å². The number of rotatable bonds is 8. The predicted molar refractivity (Wildman–Crippen MR) is 85.9 cm³/mol. The number of anilines is 1. The van der Waals surface area contributed by atoms with Crippen molar-refractivity contribution in [3.8, 4) is 0 Å². The van der Waals surface area contributed by atoms with E-state index in [2.05, 4.69) is 34.8 Å². The number of ether oxygens (including phenoxy) is 1. The van der Waals surface area contributed by atoms with Crippen LogP contribution in [0.25, 0.3) is 0 Å². The zero-order chi connectivity index (χ0) is 15.8. The molecule has 1 atom stereocenters. The molecule has 22 heavy (non-hydrogen) atoms. The minimum Gasteiger partial charge on any atom is -0.383 e. The van der Waals surface area contributed by atoms with Crippen LogP contribution in [0.15, 0.2) is 42.6 Å². The number of carbonyl (C=O) groups is 1. The highest BCUT2D eigenvalue weighted by molar-refractivity contribution is 5.91. The lowest BCUT2D eigenvalue weighted by Crippen LogP contribution is -2.30. The van der Waals surface area contributed by atoms with Gasteiger partial charge in [-0.2, -0.15) is 5.10 Å². The summed E-state index contributed by atoms with van der Waals surface area (Å²) in [5, 5.41) is 10.2. The highest BCUT2D eigenvalue weighted by Gasteiger charge is 2.10. The fourth-order valence-electron chi connectivity index (χ4n) is 2.07. The zero-order valence-corrected chi connectivity index (χ0v) is 13.0. The first-order valence-corrected chi connectivity index (χ1v) is 7.30. The number of nitrogens with zero attached hydrogens (tertiary/aromatic N) is 2. The first kappa shape index (κ1) is 16.2. The maximum atomic E-state index is 11.8. The predicted octanol–water partition coefficient (Wildman–Crippen LogP) is 1.67. The van der Waals surface area contributed by atoms with Crippen LogP contribution in [-0.4, -0.2) is 42.5 Å². The number of methoxy groups -OCH3 is 1. The van der Waals surface area contributed by atoms with E-state index in [9.17, 15) is 4.79 Å². The number of hydrogen-bond acceptors (Lipinski definition) is 4. The molecule has 0 aliphatic carbocycles. The summed E-state index contributed by atoms with van der Waals surface area (Å²) in [7, 11) is 1.63.